The molecule has 0 fully saturated rings. The predicted molar refractivity (Wildman–Crippen MR) is 106 cm³/mol. The Balaban J connectivity index is 2.07. The monoisotopic (exact) mass is 391 g/mol. The summed E-state index contributed by atoms with van der Waals surface area (Å²) in [5.74, 6) is -1.67. The van der Waals surface area contributed by atoms with E-state index in [1.807, 2.05) is 32.0 Å². The zero-order chi connectivity index (χ0) is 19.1. The van der Waals surface area contributed by atoms with E-state index in [-0.39, 0.29) is 0 Å². The number of hydrazone groups is 1. The van der Waals surface area contributed by atoms with Crippen molar-refractivity contribution in [2.24, 2.45) is 5.10 Å². The van der Waals surface area contributed by atoms with Gasteiger partial charge in [0.25, 0.3) is 0 Å². The number of rotatable bonds is 5. The van der Waals surface area contributed by atoms with Gasteiger partial charge in [-0.1, -0.05) is 61.3 Å². The summed E-state index contributed by atoms with van der Waals surface area (Å²) < 4.78 is 0. The molecule has 0 heterocycles. The van der Waals surface area contributed by atoms with Gasteiger partial charge < -0.3 is 5.32 Å². The summed E-state index contributed by atoms with van der Waals surface area (Å²) in [5, 5.41) is 7.22. The molecule has 2 rings (SSSR count). The lowest BCUT2D eigenvalue weighted by molar-refractivity contribution is -0.136. The molecule has 2 aromatic rings. The first-order chi connectivity index (χ1) is 12.5. The third-order valence-electron chi connectivity index (χ3n) is 3.80. The molecule has 0 spiro atoms. The number of benzene rings is 2. The number of hydrogen-bond acceptors (Lipinski definition) is 3. The molecule has 26 heavy (non-hydrogen) atoms. The molecule has 7 heteroatoms. The molecule has 0 unspecified atom stereocenters. The Hall–Kier alpha value is -2.37. The Morgan fingerprint density at radius 2 is 1.50 bits per heavy atom. The van der Waals surface area contributed by atoms with Crippen molar-refractivity contribution in [2.75, 3.05) is 5.32 Å². The molecular weight excluding hydrogens is 373 g/mol. The van der Waals surface area contributed by atoms with Crippen LogP contribution in [-0.4, -0.2) is 18.0 Å². The quantitative estimate of drug-likeness (QED) is 0.455. The minimum atomic E-state index is -0.877. The molecule has 0 aliphatic carbocycles. The fourth-order valence-corrected chi connectivity index (χ4v) is 2.91. The van der Waals surface area contributed by atoms with Crippen LogP contribution in [0, 0.1) is 0 Å². The highest BCUT2D eigenvalue weighted by molar-refractivity contribution is 6.40. The van der Waals surface area contributed by atoms with Gasteiger partial charge in [-0.2, -0.15) is 5.10 Å². The number of amides is 2. The van der Waals surface area contributed by atoms with Crippen LogP contribution in [0.25, 0.3) is 0 Å². The van der Waals surface area contributed by atoms with Crippen molar-refractivity contribution in [1.29, 1.82) is 0 Å². The van der Waals surface area contributed by atoms with Gasteiger partial charge in [0.1, 0.15) is 0 Å². The van der Waals surface area contributed by atoms with Gasteiger partial charge in [-0.3, -0.25) is 9.59 Å². The molecular formula is C19H19Cl2N3O2. The molecule has 2 N–H and O–H groups in total. The lowest BCUT2D eigenvalue weighted by Crippen LogP contribution is -2.33. The molecule has 136 valence electrons. The maximum Gasteiger partial charge on any atom is 0.329 e. The fraction of sp³-hybridized carbons (Fsp3) is 0.211. The van der Waals surface area contributed by atoms with Gasteiger partial charge in [0.15, 0.2) is 0 Å². The molecule has 0 atom stereocenters. The van der Waals surface area contributed by atoms with Gasteiger partial charge in [-0.25, -0.2) is 5.43 Å². The second-order valence-corrected chi connectivity index (χ2v) is 6.26. The number of hydrogen-bond donors (Lipinski definition) is 2. The van der Waals surface area contributed by atoms with Crippen LogP contribution in [-0.2, 0) is 22.4 Å². The number of halogens is 2. The van der Waals surface area contributed by atoms with Crippen molar-refractivity contribution >= 4 is 46.9 Å². The first-order valence-electron chi connectivity index (χ1n) is 8.17. The lowest BCUT2D eigenvalue weighted by atomic mass is 10.0. The Morgan fingerprint density at radius 1 is 0.962 bits per heavy atom. The summed E-state index contributed by atoms with van der Waals surface area (Å²) in [7, 11) is 0. The number of carbonyl (C=O) groups is 2. The maximum atomic E-state index is 12.2. The van der Waals surface area contributed by atoms with E-state index >= 15 is 0 Å². The summed E-state index contributed by atoms with van der Waals surface area (Å²) >= 11 is 12.0. The zero-order valence-corrected chi connectivity index (χ0v) is 16.0. The normalized spacial score (nSPS) is 10.8. The lowest BCUT2D eigenvalue weighted by Gasteiger charge is -2.13. The van der Waals surface area contributed by atoms with E-state index in [0.29, 0.717) is 21.3 Å². The minimum Gasteiger partial charge on any atom is -0.317 e. The minimum absolute atomic E-state index is 0.393. The Morgan fingerprint density at radius 3 is 2.04 bits per heavy atom. The van der Waals surface area contributed by atoms with E-state index < -0.39 is 11.8 Å². The third kappa shape index (κ3) is 4.84. The highest BCUT2D eigenvalue weighted by atomic mass is 35.5. The summed E-state index contributed by atoms with van der Waals surface area (Å²) in [6.07, 6.45) is 2.79. The predicted octanol–water partition coefficient (Wildman–Crippen LogP) is 4.21. The number of nitrogens with zero attached hydrogens (tertiary/aromatic N) is 1. The molecule has 2 aromatic carbocycles. The van der Waals surface area contributed by atoms with Crippen LogP contribution in [0.1, 0.15) is 30.5 Å². The molecule has 0 saturated carbocycles. The van der Waals surface area contributed by atoms with Crippen LogP contribution in [0.15, 0.2) is 41.5 Å². The number of nitrogens with one attached hydrogen (secondary N) is 2. The van der Waals surface area contributed by atoms with Gasteiger partial charge >= 0.3 is 11.8 Å². The average molecular weight is 392 g/mol. The summed E-state index contributed by atoms with van der Waals surface area (Å²) in [4.78, 5) is 24.2. The summed E-state index contributed by atoms with van der Waals surface area (Å²) in [5.41, 5.74) is 5.26. The molecule has 0 bridgehead atoms. The second kappa shape index (κ2) is 9.36. The smallest absolute Gasteiger partial charge is 0.317 e. The molecule has 5 nitrogen and oxygen atoms in total. The molecule has 0 aliphatic heterocycles. The van der Waals surface area contributed by atoms with Gasteiger partial charge in [-0.15, -0.1) is 0 Å². The first-order valence-corrected chi connectivity index (χ1v) is 8.92. The zero-order valence-electron chi connectivity index (χ0n) is 14.5. The molecule has 0 aliphatic rings. The Labute approximate surface area is 162 Å². The Bertz CT molecular complexity index is 808. The highest BCUT2D eigenvalue weighted by Crippen LogP contribution is 2.23. The maximum absolute atomic E-state index is 12.2. The van der Waals surface area contributed by atoms with Gasteiger partial charge in [0.2, 0.25) is 0 Å². The van der Waals surface area contributed by atoms with E-state index in [1.165, 1.54) is 6.21 Å². The standard InChI is InChI=1S/C19H19Cl2N3O2/c1-3-12-7-5-8-13(4-2)17(12)23-18(25)19(26)24-22-11-14-15(20)9-6-10-16(14)21/h5-11H,3-4H2,1-2H3,(H,23,25)(H,24,26)/b22-11+. The molecule has 0 aromatic heterocycles. The molecule has 0 radical (unpaired) electrons. The van der Waals surface area contributed by atoms with Crippen molar-refractivity contribution in [3.05, 3.63) is 63.1 Å². The van der Waals surface area contributed by atoms with Crippen LogP contribution < -0.4 is 10.7 Å². The van der Waals surface area contributed by atoms with Crippen LogP contribution in [0.5, 0.6) is 0 Å². The van der Waals surface area contributed by atoms with Crippen molar-refractivity contribution < 1.29 is 9.59 Å². The second-order valence-electron chi connectivity index (χ2n) is 5.45. The van der Waals surface area contributed by atoms with E-state index in [4.69, 9.17) is 23.2 Å². The van der Waals surface area contributed by atoms with Crippen molar-refractivity contribution in [3.63, 3.8) is 0 Å². The van der Waals surface area contributed by atoms with Gasteiger partial charge in [0, 0.05) is 11.3 Å². The number of carbonyl (C=O) groups excluding carboxylic acids is 2. The van der Waals surface area contributed by atoms with Crippen molar-refractivity contribution in [2.45, 2.75) is 26.7 Å². The fourth-order valence-electron chi connectivity index (χ4n) is 2.41. The van der Waals surface area contributed by atoms with E-state index in [2.05, 4.69) is 15.8 Å². The van der Waals surface area contributed by atoms with Crippen LogP contribution >= 0.6 is 23.2 Å². The average Bonchev–Trinajstić information content (AvgIpc) is 2.64. The topological polar surface area (TPSA) is 70.6 Å². The SMILES string of the molecule is CCc1cccc(CC)c1NC(=O)C(=O)N/N=C/c1c(Cl)cccc1Cl. The van der Waals surface area contributed by atoms with Gasteiger partial charge in [0.05, 0.1) is 16.3 Å². The number of para-hydroxylation sites is 1. The first kappa shape index (κ1) is 19.9. The van der Waals surface area contributed by atoms with Crippen molar-refractivity contribution in [1.82, 2.24) is 5.43 Å². The Kier molecular flexibility index (Phi) is 7.18. The van der Waals surface area contributed by atoms with Crippen LogP contribution in [0.2, 0.25) is 10.0 Å². The largest absolute Gasteiger partial charge is 0.329 e. The van der Waals surface area contributed by atoms with Crippen LogP contribution in [0.3, 0.4) is 0 Å². The molecule has 0 saturated heterocycles. The number of anilines is 1. The summed E-state index contributed by atoms with van der Waals surface area (Å²) in [6.45, 7) is 3.98. The van der Waals surface area contributed by atoms with E-state index in [0.717, 1.165) is 24.0 Å². The van der Waals surface area contributed by atoms with Crippen molar-refractivity contribution in [3.8, 4) is 0 Å². The summed E-state index contributed by atoms with van der Waals surface area (Å²) in [6, 6.07) is 10.8. The van der Waals surface area contributed by atoms with Gasteiger partial charge in [-0.05, 0) is 36.1 Å². The van der Waals surface area contributed by atoms with E-state index in [1.54, 1.807) is 18.2 Å². The highest BCUT2D eigenvalue weighted by Gasteiger charge is 2.16. The number of aryl methyl sites for hydroxylation is 2. The third-order valence-corrected chi connectivity index (χ3v) is 4.46. The van der Waals surface area contributed by atoms with E-state index in [9.17, 15) is 9.59 Å². The molecule has 2 amide bonds. The van der Waals surface area contributed by atoms with Crippen LogP contribution in [0.4, 0.5) is 5.69 Å².